The molecule has 1 aromatic heterocycles. The monoisotopic (exact) mass is 307 g/mol. The Hall–Kier alpha value is -1.84. The predicted molar refractivity (Wildman–Crippen MR) is 98.0 cm³/mol. The molecule has 3 aromatic rings. The number of hydrogen-bond donors (Lipinski definition) is 1. The van der Waals surface area contributed by atoms with Crippen LogP contribution in [0.1, 0.15) is 25.5 Å². The second kappa shape index (κ2) is 5.99. The third kappa shape index (κ3) is 2.44. The van der Waals surface area contributed by atoms with Crippen molar-refractivity contribution in [1.82, 2.24) is 14.8 Å². The molecule has 120 valence electrons. The van der Waals surface area contributed by atoms with Gasteiger partial charge in [0, 0.05) is 60.6 Å². The second-order valence-electron chi connectivity index (χ2n) is 6.50. The van der Waals surface area contributed by atoms with Crippen molar-refractivity contribution in [2.24, 2.45) is 0 Å². The van der Waals surface area contributed by atoms with Gasteiger partial charge >= 0.3 is 0 Å². The lowest BCUT2D eigenvalue weighted by atomic mass is 10.0. The van der Waals surface area contributed by atoms with Crippen LogP contribution in [0.2, 0.25) is 0 Å². The van der Waals surface area contributed by atoms with E-state index in [0.29, 0.717) is 6.04 Å². The van der Waals surface area contributed by atoms with Gasteiger partial charge in [0.05, 0.1) is 0 Å². The zero-order chi connectivity index (χ0) is 15.8. The first-order chi connectivity index (χ1) is 11.3. The van der Waals surface area contributed by atoms with E-state index in [1.807, 2.05) is 0 Å². The lowest BCUT2D eigenvalue weighted by Gasteiger charge is -2.33. The molecular weight excluding hydrogens is 282 g/mol. The summed E-state index contributed by atoms with van der Waals surface area (Å²) in [5, 5.41) is 6.21. The highest BCUT2D eigenvalue weighted by molar-refractivity contribution is 6.08. The molecule has 0 bridgehead atoms. The number of para-hydroxylation sites is 1. The Kier molecular flexibility index (Phi) is 3.83. The van der Waals surface area contributed by atoms with Crippen LogP contribution >= 0.6 is 0 Å². The molecule has 3 heteroatoms. The zero-order valence-corrected chi connectivity index (χ0v) is 14.0. The first kappa shape index (κ1) is 14.7. The molecule has 3 nitrogen and oxygen atoms in total. The van der Waals surface area contributed by atoms with Crippen molar-refractivity contribution in [3.63, 3.8) is 0 Å². The van der Waals surface area contributed by atoms with Crippen LogP contribution in [0.5, 0.6) is 0 Å². The van der Waals surface area contributed by atoms with E-state index < -0.39 is 0 Å². The molecule has 1 aliphatic rings. The van der Waals surface area contributed by atoms with E-state index in [9.17, 15) is 0 Å². The minimum absolute atomic E-state index is 0.477. The fraction of sp³-hybridized carbons (Fsp3) is 0.400. The molecule has 1 fully saturated rings. The second-order valence-corrected chi connectivity index (χ2v) is 6.50. The number of rotatable bonds is 3. The number of aromatic nitrogens is 1. The molecule has 1 saturated heterocycles. The van der Waals surface area contributed by atoms with Gasteiger partial charge in [0.25, 0.3) is 0 Å². The number of aryl methyl sites for hydroxylation is 1. The van der Waals surface area contributed by atoms with E-state index >= 15 is 0 Å². The number of hydrogen-bond acceptors (Lipinski definition) is 2. The van der Waals surface area contributed by atoms with Crippen molar-refractivity contribution in [3.8, 4) is 0 Å². The van der Waals surface area contributed by atoms with Crippen LogP contribution in [0.4, 0.5) is 0 Å². The molecule has 0 saturated carbocycles. The summed E-state index contributed by atoms with van der Waals surface area (Å²) in [4.78, 5) is 2.58. The molecule has 2 aromatic carbocycles. The quantitative estimate of drug-likeness (QED) is 0.794. The van der Waals surface area contributed by atoms with Gasteiger partial charge in [-0.25, -0.2) is 0 Å². The van der Waals surface area contributed by atoms with Crippen LogP contribution in [0.15, 0.2) is 42.5 Å². The molecule has 2 heterocycles. The van der Waals surface area contributed by atoms with Gasteiger partial charge in [0.1, 0.15) is 0 Å². The minimum Gasteiger partial charge on any atom is -0.341 e. The maximum absolute atomic E-state index is 3.44. The summed E-state index contributed by atoms with van der Waals surface area (Å²) in [6.45, 7) is 10.0. The lowest BCUT2D eigenvalue weighted by Crippen LogP contribution is -2.44. The minimum atomic E-state index is 0.477. The van der Waals surface area contributed by atoms with Crippen LogP contribution in [0, 0.1) is 0 Å². The molecule has 4 rings (SSSR count). The van der Waals surface area contributed by atoms with Gasteiger partial charge in [-0.1, -0.05) is 24.3 Å². The summed E-state index contributed by atoms with van der Waals surface area (Å²) < 4.78 is 2.42. The summed E-state index contributed by atoms with van der Waals surface area (Å²) >= 11 is 0. The smallest absolute Gasteiger partial charge is 0.0491 e. The largest absolute Gasteiger partial charge is 0.341 e. The molecule has 0 spiro atoms. The summed E-state index contributed by atoms with van der Waals surface area (Å²) in [6.07, 6.45) is 0. The molecule has 0 unspecified atom stereocenters. The zero-order valence-electron chi connectivity index (χ0n) is 14.0. The van der Waals surface area contributed by atoms with Crippen LogP contribution < -0.4 is 5.32 Å². The molecule has 0 radical (unpaired) electrons. The first-order valence-corrected chi connectivity index (χ1v) is 8.75. The van der Waals surface area contributed by atoms with Crippen LogP contribution in [0.3, 0.4) is 0 Å². The normalized spacial score (nSPS) is 17.8. The molecule has 1 aliphatic heterocycles. The number of fused-ring (bicyclic) bond motifs is 3. The van der Waals surface area contributed by atoms with Gasteiger partial charge in [-0.3, -0.25) is 4.90 Å². The Bertz CT molecular complexity index is 827. The van der Waals surface area contributed by atoms with Gasteiger partial charge in [-0.05, 0) is 37.6 Å². The van der Waals surface area contributed by atoms with Gasteiger partial charge < -0.3 is 9.88 Å². The first-order valence-electron chi connectivity index (χ1n) is 8.75. The Balaban J connectivity index is 1.82. The molecule has 23 heavy (non-hydrogen) atoms. The standard InChI is InChI=1S/C20H25N3/c1-3-23-19-7-5-4-6-17(19)18-14-16(8-9-20(18)23)15(2)22-12-10-21-11-13-22/h4-9,14-15,21H,3,10-13H2,1-2H3/t15-/m0/s1. The third-order valence-corrected chi connectivity index (χ3v) is 5.29. The highest BCUT2D eigenvalue weighted by Gasteiger charge is 2.19. The topological polar surface area (TPSA) is 20.2 Å². The van der Waals surface area contributed by atoms with Crippen molar-refractivity contribution in [2.45, 2.75) is 26.4 Å². The summed E-state index contributed by atoms with van der Waals surface area (Å²) in [5.41, 5.74) is 4.13. The van der Waals surface area contributed by atoms with E-state index in [4.69, 9.17) is 0 Å². The van der Waals surface area contributed by atoms with Crippen molar-refractivity contribution in [2.75, 3.05) is 26.2 Å². The van der Waals surface area contributed by atoms with Crippen molar-refractivity contribution in [1.29, 1.82) is 0 Å². The SMILES string of the molecule is CCn1c2ccccc2c2cc([C@H](C)N3CCNCC3)ccc21. The van der Waals surface area contributed by atoms with Crippen LogP contribution in [-0.4, -0.2) is 35.6 Å². The fourth-order valence-corrected chi connectivity index (χ4v) is 3.95. The summed E-state index contributed by atoms with van der Waals surface area (Å²) in [6, 6.07) is 16.3. The van der Waals surface area contributed by atoms with Crippen molar-refractivity contribution < 1.29 is 0 Å². The fourth-order valence-electron chi connectivity index (χ4n) is 3.95. The number of piperazine rings is 1. The van der Waals surface area contributed by atoms with Crippen molar-refractivity contribution in [3.05, 3.63) is 48.0 Å². The van der Waals surface area contributed by atoms with Crippen LogP contribution in [0.25, 0.3) is 21.8 Å². The average molecular weight is 307 g/mol. The lowest BCUT2D eigenvalue weighted by molar-refractivity contribution is 0.185. The van der Waals surface area contributed by atoms with Gasteiger partial charge in [0.2, 0.25) is 0 Å². The van der Waals surface area contributed by atoms with E-state index in [0.717, 1.165) is 32.7 Å². The Labute approximate surface area is 137 Å². The molecule has 0 amide bonds. The van der Waals surface area contributed by atoms with Crippen molar-refractivity contribution >= 4 is 21.8 Å². The van der Waals surface area contributed by atoms with Crippen LogP contribution in [-0.2, 0) is 6.54 Å². The van der Waals surface area contributed by atoms with Gasteiger partial charge in [-0.15, -0.1) is 0 Å². The van der Waals surface area contributed by atoms with Gasteiger partial charge in [-0.2, -0.15) is 0 Å². The highest BCUT2D eigenvalue weighted by atomic mass is 15.2. The predicted octanol–water partition coefficient (Wildman–Crippen LogP) is 3.78. The number of benzene rings is 2. The Morgan fingerprint density at radius 1 is 1.00 bits per heavy atom. The molecular formula is C20H25N3. The average Bonchev–Trinajstić information content (AvgIpc) is 2.95. The van der Waals surface area contributed by atoms with Gasteiger partial charge in [0.15, 0.2) is 0 Å². The third-order valence-electron chi connectivity index (χ3n) is 5.29. The summed E-state index contributed by atoms with van der Waals surface area (Å²) in [5.74, 6) is 0. The molecule has 1 N–H and O–H groups in total. The van der Waals surface area contributed by atoms with E-state index in [1.165, 1.54) is 27.4 Å². The molecule has 0 aliphatic carbocycles. The summed E-state index contributed by atoms with van der Waals surface area (Å²) in [7, 11) is 0. The highest BCUT2D eigenvalue weighted by Crippen LogP contribution is 2.32. The number of nitrogens with zero attached hydrogens (tertiary/aromatic N) is 2. The van der Waals surface area contributed by atoms with E-state index in [1.54, 1.807) is 0 Å². The Morgan fingerprint density at radius 2 is 1.74 bits per heavy atom. The number of nitrogens with one attached hydrogen (secondary N) is 1. The van der Waals surface area contributed by atoms with E-state index in [2.05, 4.69) is 71.1 Å². The maximum atomic E-state index is 3.44. The Morgan fingerprint density at radius 3 is 2.52 bits per heavy atom. The maximum Gasteiger partial charge on any atom is 0.0491 e. The van der Waals surface area contributed by atoms with E-state index in [-0.39, 0.29) is 0 Å². The molecule has 1 atom stereocenters.